The lowest BCUT2D eigenvalue weighted by atomic mass is 9.94. The summed E-state index contributed by atoms with van der Waals surface area (Å²) in [6.45, 7) is 9.55. The monoisotopic (exact) mass is 470 g/mol. The molecule has 0 fully saturated rings. The van der Waals surface area contributed by atoms with E-state index in [4.69, 9.17) is 10.7 Å². The number of nitrogens with zero attached hydrogens (tertiary/aromatic N) is 5. The highest BCUT2D eigenvalue weighted by Crippen LogP contribution is 2.43. The molecule has 180 valence electrons. The average molecular weight is 471 g/mol. The van der Waals surface area contributed by atoms with E-state index in [1.54, 1.807) is 32.0 Å². The van der Waals surface area contributed by atoms with Gasteiger partial charge in [-0.3, -0.25) is 9.59 Å². The fraction of sp³-hybridized carbons (Fsp3) is 0.333. The summed E-state index contributed by atoms with van der Waals surface area (Å²) in [5.41, 5.74) is 10.6. The van der Waals surface area contributed by atoms with Crippen LogP contribution in [0, 0.1) is 6.92 Å². The van der Waals surface area contributed by atoms with Crippen molar-refractivity contribution in [3.63, 3.8) is 0 Å². The molecule has 35 heavy (non-hydrogen) atoms. The molecule has 0 spiro atoms. The first-order valence-corrected chi connectivity index (χ1v) is 11.8. The topological polar surface area (TPSA) is 99.0 Å². The van der Waals surface area contributed by atoms with Crippen molar-refractivity contribution >= 4 is 22.6 Å². The van der Waals surface area contributed by atoms with Gasteiger partial charge in [-0.05, 0) is 52.3 Å². The Kier molecular flexibility index (Phi) is 5.18. The largest absolute Gasteiger partial charge is 0.315 e. The molecule has 1 aliphatic rings. The highest BCUT2D eigenvalue weighted by atomic mass is 16.2. The average Bonchev–Trinajstić information content (AvgIpc) is 3.28. The molecule has 8 heteroatoms. The minimum Gasteiger partial charge on any atom is -0.315 e. The number of aryl methyl sites for hydroxylation is 2. The number of aromatic nitrogens is 4. The number of hydrogen-bond donors (Lipinski definition) is 1. The maximum atomic E-state index is 13.2. The van der Waals surface area contributed by atoms with Gasteiger partial charge in [-0.2, -0.15) is 0 Å². The molecule has 5 rings (SSSR count). The van der Waals surface area contributed by atoms with Gasteiger partial charge < -0.3 is 19.8 Å². The number of amides is 1. The van der Waals surface area contributed by atoms with Crippen molar-refractivity contribution in [2.45, 2.75) is 52.2 Å². The van der Waals surface area contributed by atoms with Gasteiger partial charge >= 0.3 is 0 Å². The van der Waals surface area contributed by atoms with Crippen LogP contribution in [0.4, 0.5) is 5.69 Å². The summed E-state index contributed by atoms with van der Waals surface area (Å²) >= 11 is 0. The molecule has 0 saturated carbocycles. The number of carbonyl (C=O) groups excluding carboxylic acids is 1. The number of anilines is 1. The van der Waals surface area contributed by atoms with E-state index in [0.717, 1.165) is 27.8 Å². The first-order valence-electron chi connectivity index (χ1n) is 11.8. The van der Waals surface area contributed by atoms with Crippen LogP contribution in [0.15, 0.2) is 53.5 Å². The summed E-state index contributed by atoms with van der Waals surface area (Å²) in [7, 11) is 1.72. The van der Waals surface area contributed by atoms with Gasteiger partial charge in [0.25, 0.3) is 11.5 Å². The second-order valence-corrected chi connectivity index (χ2v) is 9.85. The Labute approximate surface area is 204 Å². The Morgan fingerprint density at radius 2 is 1.71 bits per heavy atom. The van der Waals surface area contributed by atoms with Gasteiger partial charge in [-0.25, -0.2) is 9.97 Å². The van der Waals surface area contributed by atoms with Crippen molar-refractivity contribution in [2.24, 2.45) is 12.8 Å². The van der Waals surface area contributed by atoms with E-state index in [2.05, 4.69) is 28.6 Å². The molecule has 2 aromatic carbocycles. The van der Waals surface area contributed by atoms with Crippen molar-refractivity contribution < 1.29 is 4.79 Å². The lowest BCUT2D eigenvalue weighted by Crippen LogP contribution is -2.46. The molecule has 0 aliphatic carbocycles. The summed E-state index contributed by atoms with van der Waals surface area (Å²) in [4.78, 5) is 36.9. The second-order valence-electron chi connectivity index (χ2n) is 9.85. The summed E-state index contributed by atoms with van der Waals surface area (Å²) in [6.07, 6.45) is 1.72. The normalized spacial score (nSPS) is 18.5. The van der Waals surface area contributed by atoms with Gasteiger partial charge in [0.2, 0.25) is 0 Å². The van der Waals surface area contributed by atoms with Gasteiger partial charge in [0.05, 0.1) is 22.8 Å². The molecule has 4 aromatic rings. The molecule has 0 radical (unpaired) electrons. The Hall–Kier alpha value is -3.78. The smallest absolute Gasteiger partial charge is 0.271 e. The summed E-state index contributed by atoms with van der Waals surface area (Å²) < 4.78 is 3.66. The predicted octanol–water partition coefficient (Wildman–Crippen LogP) is 3.64. The molecular weight excluding hydrogens is 440 g/mol. The Bertz CT molecular complexity index is 1500. The van der Waals surface area contributed by atoms with E-state index in [-0.39, 0.29) is 23.6 Å². The van der Waals surface area contributed by atoms with Crippen LogP contribution in [0.25, 0.3) is 22.6 Å². The van der Waals surface area contributed by atoms with E-state index >= 15 is 0 Å². The molecule has 3 heterocycles. The summed E-state index contributed by atoms with van der Waals surface area (Å²) in [5.74, 6) is 0.535. The number of fused-ring (bicyclic) bond motifs is 2. The molecule has 2 atom stereocenters. The second kappa shape index (κ2) is 7.88. The van der Waals surface area contributed by atoms with E-state index in [9.17, 15) is 9.59 Å². The molecule has 8 nitrogen and oxygen atoms in total. The molecule has 2 aromatic heterocycles. The highest BCUT2D eigenvalue weighted by Gasteiger charge is 2.46. The van der Waals surface area contributed by atoms with E-state index < -0.39 is 5.54 Å². The molecule has 0 bridgehead atoms. The van der Waals surface area contributed by atoms with Crippen LogP contribution in [0.3, 0.4) is 0 Å². The van der Waals surface area contributed by atoms with Crippen LogP contribution in [0.1, 0.15) is 50.6 Å². The van der Waals surface area contributed by atoms with Gasteiger partial charge in [0, 0.05) is 24.8 Å². The fourth-order valence-corrected chi connectivity index (χ4v) is 5.05. The SMILES string of the molecule is Cc1nc(-c2nc3cc4c(cc3n2C(C)c2ccccc2)N(C(C)C)C(=O)C4(C)N)cn(C)c1=O. The van der Waals surface area contributed by atoms with Gasteiger partial charge in [-0.1, -0.05) is 30.3 Å². The zero-order valence-electron chi connectivity index (χ0n) is 20.9. The number of imidazole rings is 1. The van der Waals surface area contributed by atoms with Crippen LogP contribution in [-0.4, -0.2) is 31.1 Å². The van der Waals surface area contributed by atoms with Crippen molar-refractivity contribution in [1.29, 1.82) is 0 Å². The fourth-order valence-electron chi connectivity index (χ4n) is 5.05. The van der Waals surface area contributed by atoms with Crippen LogP contribution in [-0.2, 0) is 17.4 Å². The Morgan fingerprint density at radius 1 is 1.03 bits per heavy atom. The van der Waals surface area contributed by atoms with E-state index in [0.29, 0.717) is 17.2 Å². The third-order valence-electron chi connectivity index (χ3n) is 6.94. The minimum atomic E-state index is -1.13. The zero-order valence-corrected chi connectivity index (χ0v) is 20.9. The lowest BCUT2D eigenvalue weighted by Gasteiger charge is -2.24. The number of rotatable bonds is 4. The van der Waals surface area contributed by atoms with E-state index in [1.807, 2.05) is 44.2 Å². The van der Waals surface area contributed by atoms with Crippen molar-refractivity contribution in [3.8, 4) is 11.5 Å². The third kappa shape index (κ3) is 3.39. The number of carbonyl (C=O) groups is 1. The van der Waals surface area contributed by atoms with Crippen LogP contribution >= 0.6 is 0 Å². The molecule has 2 unspecified atom stereocenters. The molecular formula is C27H30N6O2. The number of hydrogen-bond acceptors (Lipinski definition) is 5. The number of nitrogens with two attached hydrogens (primary N) is 1. The Balaban J connectivity index is 1.85. The van der Waals surface area contributed by atoms with Crippen LogP contribution in [0.2, 0.25) is 0 Å². The zero-order chi connectivity index (χ0) is 25.2. The lowest BCUT2D eigenvalue weighted by molar-refractivity contribution is -0.122. The van der Waals surface area contributed by atoms with Crippen molar-refractivity contribution in [3.05, 3.63) is 75.8 Å². The van der Waals surface area contributed by atoms with Gasteiger partial charge in [-0.15, -0.1) is 0 Å². The Morgan fingerprint density at radius 3 is 2.34 bits per heavy atom. The van der Waals surface area contributed by atoms with Crippen LogP contribution in [0.5, 0.6) is 0 Å². The first kappa shape index (κ1) is 23.0. The summed E-state index contributed by atoms with van der Waals surface area (Å²) in [6, 6.07) is 14.0. The van der Waals surface area contributed by atoms with Gasteiger partial charge in [0.1, 0.15) is 16.9 Å². The third-order valence-corrected chi connectivity index (χ3v) is 6.94. The summed E-state index contributed by atoms with van der Waals surface area (Å²) in [5, 5.41) is 0. The van der Waals surface area contributed by atoms with E-state index in [1.165, 1.54) is 4.57 Å². The molecule has 1 amide bonds. The predicted molar refractivity (Wildman–Crippen MR) is 137 cm³/mol. The van der Waals surface area contributed by atoms with Crippen molar-refractivity contribution in [2.75, 3.05) is 4.90 Å². The van der Waals surface area contributed by atoms with Crippen LogP contribution < -0.4 is 16.2 Å². The maximum Gasteiger partial charge on any atom is 0.271 e. The van der Waals surface area contributed by atoms with Crippen molar-refractivity contribution in [1.82, 2.24) is 19.1 Å². The highest BCUT2D eigenvalue weighted by molar-refractivity contribution is 6.09. The number of benzene rings is 2. The quantitative estimate of drug-likeness (QED) is 0.491. The molecule has 1 aliphatic heterocycles. The van der Waals surface area contributed by atoms with Gasteiger partial charge in [0.15, 0.2) is 5.82 Å². The molecule has 2 N–H and O–H groups in total. The first-order chi connectivity index (χ1) is 16.5. The molecule has 0 saturated heterocycles. The standard InChI is InChI=1S/C27H30N6O2/c1-15(2)32-22-13-23-20(12-19(22)27(5,28)26(32)35)30-24(21-14-31(6)25(34)16(3)29-21)33(23)17(4)18-10-8-7-9-11-18/h7-15,17H,28H2,1-6H3. The maximum absolute atomic E-state index is 13.2. The minimum absolute atomic E-state index is 0.0422.